The Labute approximate surface area is 115 Å². The van der Waals surface area contributed by atoms with E-state index in [-0.39, 0.29) is 24.5 Å². The summed E-state index contributed by atoms with van der Waals surface area (Å²) >= 11 is 0. The summed E-state index contributed by atoms with van der Waals surface area (Å²) in [5, 5.41) is 11.6. The molecular formula is C14H26N2O3. The number of nitrogens with one attached hydrogen (secondary N) is 1. The van der Waals surface area contributed by atoms with E-state index in [0.717, 1.165) is 12.3 Å². The summed E-state index contributed by atoms with van der Waals surface area (Å²) < 4.78 is 0. The highest BCUT2D eigenvalue weighted by molar-refractivity contribution is 5.75. The molecular weight excluding hydrogens is 244 g/mol. The summed E-state index contributed by atoms with van der Waals surface area (Å²) in [4.78, 5) is 24.4. The first kappa shape index (κ1) is 15.8. The first-order chi connectivity index (χ1) is 8.90. The average molecular weight is 270 g/mol. The van der Waals surface area contributed by atoms with Gasteiger partial charge in [-0.2, -0.15) is 0 Å². The minimum absolute atomic E-state index is 0.0754. The van der Waals surface area contributed by atoms with Gasteiger partial charge in [0, 0.05) is 25.0 Å². The molecule has 0 aliphatic heterocycles. The molecule has 0 heterocycles. The fourth-order valence-corrected chi connectivity index (χ4v) is 2.20. The van der Waals surface area contributed by atoms with Crippen LogP contribution in [-0.4, -0.2) is 40.6 Å². The number of urea groups is 1. The fraction of sp³-hybridized carbons (Fsp3) is 0.857. The van der Waals surface area contributed by atoms with Crippen LogP contribution in [0, 0.1) is 5.92 Å². The van der Waals surface area contributed by atoms with E-state index in [1.807, 2.05) is 20.8 Å². The molecule has 1 rings (SSSR count). The van der Waals surface area contributed by atoms with E-state index < -0.39 is 5.97 Å². The molecule has 0 aromatic carbocycles. The molecule has 2 amide bonds. The molecule has 0 saturated heterocycles. The van der Waals surface area contributed by atoms with E-state index in [0.29, 0.717) is 13.0 Å². The van der Waals surface area contributed by atoms with Gasteiger partial charge in [-0.1, -0.05) is 12.8 Å². The molecule has 1 saturated carbocycles. The van der Waals surface area contributed by atoms with Crippen LogP contribution in [0.4, 0.5) is 4.79 Å². The Balaban J connectivity index is 2.35. The van der Waals surface area contributed by atoms with Crippen LogP contribution in [-0.2, 0) is 4.79 Å². The van der Waals surface area contributed by atoms with E-state index >= 15 is 0 Å². The Morgan fingerprint density at radius 2 is 1.95 bits per heavy atom. The van der Waals surface area contributed by atoms with Crippen molar-refractivity contribution < 1.29 is 14.7 Å². The maximum Gasteiger partial charge on any atom is 0.317 e. The molecule has 5 heteroatoms. The Kier molecular flexibility index (Phi) is 6.12. The molecule has 19 heavy (non-hydrogen) atoms. The van der Waals surface area contributed by atoms with Crippen LogP contribution in [0.15, 0.2) is 0 Å². The third kappa shape index (κ3) is 6.45. The van der Waals surface area contributed by atoms with Gasteiger partial charge in [-0.25, -0.2) is 4.79 Å². The molecule has 1 atom stereocenters. The van der Waals surface area contributed by atoms with Crippen molar-refractivity contribution in [2.75, 3.05) is 6.54 Å². The van der Waals surface area contributed by atoms with E-state index in [1.54, 1.807) is 4.90 Å². The lowest BCUT2D eigenvalue weighted by molar-refractivity contribution is -0.137. The number of carbonyl (C=O) groups is 2. The summed E-state index contributed by atoms with van der Waals surface area (Å²) in [6.07, 6.45) is 4.22. The molecule has 1 unspecified atom stereocenters. The second-order valence-electron chi connectivity index (χ2n) is 5.81. The summed E-state index contributed by atoms with van der Waals surface area (Å²) in [5.74, 6) is -0.0268. The smallest absolute Gasteiger partial charge is 0.317 e. The number of rotatable bonds is 8. The van der Waals surface area contributed by atoms with E-state index in [1.165, 1.54) is 12.8 Å². The lowest BCUT2D eigenvalue weighted by atomic mass is 10.1. The van der Waals surface area contributed by atoms with E-state index in [9.17, 15) is 9.59 Å². The van der Waals surface area contributed by atoms with Crippen molar-refractivity contribution in [3.8, 4) is 0 Å². The maximum atomic E-state index is 12.1. The SMILES string of the molecule is CC(CC1CC1)NC(=O)N(CCCC(=O)O)C(C)C. The summed E-state index contributed by atoms with van der Waals surface area (Å²) in [6, 6.07) is 0.205. The summed E-state index contributed by atoms with van der Waals surface area (Å²) in [7, 11) is 0. The van der Waals surface area contributed by atoms with Gasteiger partial charge >= 0.3 is 12.0 Å². The minimum Gasteiger partial charge on any atom is -0.481 e. The van der Waals surface area contributed by atoms with Crippen LogP contribution in [0.3, 0.4) is 0 Å². The van der Waals surface area contributed by atoms with Crippen molar-refractivity contribution in [2.24, 2.45) is 5.92 Å². The highest BCUT2D eigenvalue weighted by Crippen LogP contribution is 2.33. The third-order valence-corrected chi connectivity index (χ3v) is 3.43. The first-order valence-corrected chi connectivity index (χ1v) is 7.19. The van der Waals surface area contributed by atoms with Crippen molar-refractivity contribution in [1.29, 1.82) is 0 Å². The Morgan fingerprint density at radius 3 is 2.42 bits per heavy atom. The van der Waals surface area contributed by atoms with Gasteiger partial charge in [0.1, 0.15) is 0 Å². The topological polar surface area (TPSA) is 69.6 Å². The lowest BCUT2D eigenvalue weighted by Crippen LogP contribution is -2.47. The first-order valence-electron chi connectivity index (χ1n) is 7.19. The summed E-state index contributed by atoms with van der Waals surface area (Å²) in [6.45, 7) is 6.43. The molecule has 0 spiro atoms. The molecule has 5 nitrogen and oxygen atoms in total. The van der Waals surface area contributed by atoms with Gasteiger partial charge in [0.05, 0.1) is 0 Å². The van der Waals surface area contributed by atoms with Crippen LogP contribution in [0.1, 0.15) is 52.9 Å². The molecule has 1 aliphatic rings. The lowest BCUT2D eigenvalue weighted by Gasteiger charge is -2.28. The zero-order valence-corrected chi connectivity index (χ0v) is 12.2. The molecule has 0 radical (unpaired) electrons. The van der Waals surface area contributed by atoms with Gasteiger partial charge < -0.3 is 15.3 Å². The third-order valence-electron chi connectivity index (χ3n) is 3.43. The van der Waals surface area contributed by atoms with Crippen LogP contribution in [0.2, 0.25) is 0 Å². The van der Waals surface area contributed by atoms with Crippen molar-refractivity contribution in [3.05, 3.63) is 0 Å². The average Bonchev–Trinajstić information content (AvgIpc) is 3.06. The van der Waals surface area contributed by atoms with E-state index in [2.05, 4.69) is 5.32 Å². The van der Waals surface area contributed by atoms with Crippen LogP contribution in [0.5, 0.6) is 0 Å². The zero-order chi connectivity index (χ0) is 14.4. The number of aliphatic carboxylic acids is 1. The standard InChI is InChI=1S/C14H26N2O3/c1-10(2)16(8-4-5-13(17)18)14(19)15-11(3)9-12-6-7-12/h10-12H,4-9H2,1-3H3,(H,15,19)(H,17,18). The molecule has 2 N–H and O–H groups in total. The number of hydrogen-bond donors (Lipinski definition) is 2. The maximum absolute atomic E-state index is 12.1. The van der Waals surface area contributed by atoms with Gasteiger partial charge in [0.15, 0.2) is 0 Å². The van der Waals surface area contributed by atoms with Gasteiger partial charge in [-0.3, -0.25) is 4.79 Å². The number of nitrogens with zero attached hydrogens (tertiary/aromatic N) is 1. The van der Waals surface area contributed by atoms with Crippen molar-refractivity contribution in [1.82, 2.24) is 10.2 Å². The highest BCUT2D eigenvalue weighted by atomic mass is 16.4. The number of carbonyl (C=O) groups excluding carboxylic acids is 1. The molecule has 1 fully saturated rings. The van der Waals surface area contributed by atoms with Gasteiger partial charge in [-0.15, -0.1) is 0 Å². The quantitative estimate of drug-likeness (QED) is 0.712. The second kappa shape index (κ2) is 7.36. The second-order valence-corrected chi connectivity index (χ2v) is 5.81. The normalized spacial score (nSPS) is 16.2. The Bertz CT molecular complexity index is 314. The Hall–Kier alpha value is -1.26. The van der Waals surface area contributed by atoms with Crippen LogP contribution < -0.4 is 5.32 Å². The molecule has 110 valence electrons. The Morgan fingerprint density at radius 1 is 1.32 bits per heavy atom. The zero-order valence-electron chi connectivity index (χ0n) is 12.2. The van der Waals surface area contributed by atoms with Crippen molar-refractivity contribution >= 4 is 12.0 Å². The van der Waals surface area contributed by atoms with Crippen molar-refractivity contribution in [3.63, 3.8) is 0 Å². The molecule has 1 aliphatic carbocycles. The van der Waals surface area contributed by atoms with Gasteiger partial charge in [0.2, 0.25) is 0 Å². The summed E-state index contributed by atoms with van der Waals surface area (Å²) in [5.41, 5.74) is 0. The predicted molar refractivity (Wildman–Crippen MR) is 74.0 cm³/mol. The number of amides is 2. The number of carboxylic acid groups (broad SMARTS) is 1. The highest BCUT2D eigenvalue weighted by Gasteiger charge is 2.25. The monoisotopic (exact) mass is 270 g/mol. The number of carboxylic acids is 1. The molecule has 0 bridgehead atoms. The van der Waals surface area contributed by atoms with Gasteiger partial charge in [-0.05, 0) is 39.5 Å². The molecule has 0 aromatic rings. The van der Waals surface area contributed by atoms with Crippen LogP contribution >= 0.6 is 0 Å². The van der Waals surface area contributed by atoms with Crippen LogP contribution in [0.25, 0.3) is 0 Å². The molecule has 0 aromatic heterocycles. The van der Waals surface area contributed by atoms with E-state index in [4.69, 9.17) is 5.11 Å². The van der Waals surface area contributed by atoms with Crippen molar-refractivity contribution in [2.45, 2.75) is 65.0 Å². The largest absolute Gasteiger partial charge is 0.481 e. The fourth-order valence-electron chi connectivity index (χ4n) is 2.20. The minimum atomic E-state index is -0.814. The van der Waals surface area contributed by atoms with Gasteiger partial charge in [0.25, 0.3) is 0 Å². The number of hydrogen-bond acceptors (Lipinski definition) is 2. The predicted octanol–water partition coefficient (Wildman–Crippen LogP) is 2.46.